The summed E-state index contributed by atoms with van der Waals surface area (Å²) < 4.78 is 0. The topological polar surface area (TPSA) is 73.9 Å². The number of nitrogens with zero attached hydrogens (tertiary/aromatic N) is 3. The van der Waals surface area contributed by atoms with Crippen LogP contribution in [0.25, 0.3) is 0 Å². The van der Waals surface area contributed by atoms with E-state index in [1.165, 1.54) is 11.2 Å². The Morgan fingerprint density at radius 2 is 2.46 bits per heavy atom. The number of amides is 2. The molecule has 0 saturated carbocycles. The number of rotatable bonds is 3. The number of carbonyl (C=O) groups is 1. The van der Waals surface area contributed by atoms with E-state index in [2.05, 4.69) is 20.5 Å². The van der Waals surface area contributed by atoms with Crippen molar-refractivity contribution in [2.45, 2.75) is 6.42 Å². The number of nitrogens with one attached hydrogen (secondary N) is 2. The molecule has 1 aromatic heterocycles. The summed E-state index contributed by atoms with van der Waals surface area (Å²) in [5, 5.41) is 9.13. The highest BCUT2D eigenvalue weighted by Gasteiger charge is 2.01. The fourth-order valence-corrected chi connectivity index (χ4v) is 0.797. The highest BCUT2D eigenvalue weighted by Crippen LogP contribution is 1.85. The van der Waals surface area contributed by atoms with Gasteiger partial charge in [-0.15, -0.1) is 0 Å². The maximum atomic E-state index is 11.0. The number of hydrogen-bond donors (Lipinski definition) is 2. The maximum absolute atomic E-state index is 11.0. The van der Waals surface area contributed by atoms with Crippen molar-refractivity contribution in [3.63, 3.8) is 0 Å². The standard InChI is InChI=1S/C7H13N5O/c1-12(2)7(13)8-4-3-6-9-5-10-11-6/h5H,3-4H2,1-2H3,(H,8,13)(H,9,10,11). The van der Waals surface area contributed by atoms with Gasteiger partial charge in [0, 0.05) is 27.1 Å². The average Bonchev–Trinajstić information content (AvgIpc) is 2.56. The van der Waals surface area contributed by atoms with Crippen molar-refractivity contribution >= 4 is 6.03 Å². The van der Waals surface area contributed by atoms with Crippen molar-refractivity contribution in [3.05, 3.63) is 12.2 Å². The first-order valence-corrected chi connectivity index (χ1v) is 3.99. The lowest BCUT2D eigenvalue weighted by Gasteiger charge is -2.10. The zero-order valence-electron chi connectivity index (χ0n) is 7.74. The zero-order valence-corrected chi connectivity index (χ0v) is 7.74. The van der Waals surface area contributed by atoms with Gasteiger partial charge in [0.15, 0.2) is 0 Å². The first kappa shape index (κ1) is 9.50. The minimum absolute atomic E-state index is 0.0977. The number of carbonyl (C=O) groups excluding carboxylic acids is 1. The number of H-pyrrole nitrogens is 1. The minimum Gasteiger partial charge on any atom is -0.338 e. The van der Waals surface area contributed by atoms with E-state index in [9.17, 15) is 4.79 Å². The van der Waals surface area contributed by atoms with Crippen LogP contribution in [-0.2, 0) is 6.42 Å². The summed E-state index contributed by atoms with van der Waals surface area (Å²) >= 11 is 0. The molecule has 0 aliphatic heterocycles. The van der Waals surface area contributed by atoms with Gasteiger partial charge in [0.25, 0.3) is 0 Å². The second kappa shape index (κ2) is 4.44. The molecule has 0 fully saturated rings. The quantitative estimate of drug-likeness (QED) is 0.670. The summed E-state index contributed by atoms with van der Waals surface area (Å²) in [4.78, 5) is 16.5. The zero-order chi connectivity index (χ0) is 9.68. The second-order valence-corrected chi connectivity index (χ2v) is 2.81. The van der Waals surface area contributed by atoms with Crippen LogP contribution in [-0.4, -0.2) is 46.8 Å². The highest BCUT2D eigenvalue weighted by molar-refractivity contribution is 5.73. The second-order valence-electron chi connectivity index (χ2n) is 2.81. The van der Waals surface area contributed by atoms with Gasteiger partial charge < -0.3 is 10.2 Å². The summed E-state index contributed by atoms with van der Waals surface area (Å²) in [5.74, 6) is 0.777. The van der Waals surface area contributed by atoms with Gasteiger partial charge in [0.1, 0.15) is 12.2 Å². The molecule has 0 aliphatic rings. The van der Waals surface area contributed by atoms with E-state index in [0.29, 0.717) is 13.0 Å². The SMILES string of the molecule is CN(C)C(=O)NCCc1ncn[nH]1. The molecule has 1 heterocycles. The van der Waals surface area contributed by atoms with Crippen molar-refractivity contribution in [3.8, 4) is 0 Å². The summed E-state index contributed by atoms with van der Waals surface area (Å²) in [6, 6.07) is -0.0977. The fraction of sp³-hybridized carbons (Fsp3) is 0.571. The lowest BCUT2D eigenvalue weighted by molar-refractivity contribution is 0.217. The molecular weight excluding hydrogens is 170 g/mol. The van der Waals surface area contributed by atoms with Gasteiger partial charge in [-0.1, -0.05) is 0 Å². The lowest BCUT2D eigenvalue weighted by Crippen LogP contribution is -2.35. The van der Waals surface area contributed by atoms with Crippen LogP contribution in [0.3, 0.4) is 0 Å². The minimum atomic E-state index is -0.0977. The Kier molecular flexibility index (Phi) is 3.24. The van der Waals surface area contributed by atoms with Gasteiger partial charge in [-0.05, 0) is 0 Å². The van der Waals surface area contributed by atoms with E-state index < -0.39 is 0 Å². The predicted octanol–water partition coefficient (Wildman–Crippen LogP) is -0.382. The summed E-state index contributed by atoms with van der Waals surface area (Å²) in [6.45, 7) is 0.562. The number of aromatic nitrogens is 3. The normalized spacial score (nSPS) is 9.69. The first-order valence-electron chi connectivity index (χ1n) is 3.99. The third-order valence-electron chi connectivity index (χ3n) is 1.51. The Balaban J connectivity index is 2.18. The first-order chi connectivity index (χ1) is 6.20. The largest absolute Gasteiger partial charge is 0.338 e. The van der Waals surface area contributed by atoms with Gasteiger partial charge in [0.05, 0.1) is 0 Å². The van der Waals surface area contributed by atoms with E-state index in [4.69, 9.17) is 0 Å². The number of hydrogen-bond acceptors (Lipinski definition) is 3. The van der Waals surface area contributed by atoms with Gasteiger partial charge >= 0.3 is 6.03 Å². The van der Waals surface area contributed by atoms with E-state index in [1.807, 2.05) is 0 Å². The van der Waals surface area contributed by atoms with Crippen molar-refractivity contribution in [1.29, 1.82) is 0 Å². The molecule has 0 bridgehead atoms. The van der Waals surface area contributed by atoms with Crippen LogP contribution in [0.1, 0.15) is 5.82 Å². The monoisotopic (exact) mass is 183 g/mol. The molecule has 1 aromatic rings. The molecule has 0 aliphatic carbocycles. The van der Waals surface area contributed by atoms with Crippen LogP contribution in [0, 0.1) is 0 Å². The van der Waals surface area contributed by atoms with Gasteiger partial charge in [-0.25, -0.2) is 9.78 Å². The van der Waals surface area contributed by atoms with Gasteiger partial charge in [-0.2, -0.15) is 5.10 Å². The Labute approximate surface area is 76.3 Å². The third-order valence-corrected chi connectivity index (χ3v) is 1.51. The molecule has 6 nitrogen and oxygen atoms in total. The predicted molar refractivity (Wildman–Crippen MR) is 47.2 cm³/mol. The molecule has 6 heteroatoms. The Hall–Kier alpha value is -1.59. The molecule has 1 rings (SSSR count). The van der Waals surface area contributed by atoms with Crippen molar-refractivity contribution in [2.24, 2.45) is 0 Å². The van der Waals surface area contributed by atoms with E-state index in [0.717, 1.165) is 5.82 Å². The highest BCUT2D eigenvalue weighted by atomic mass is 16.2. The molecule has 13 heavy (non-hydrogen) atoms. The lowest BCUT2D eigenvalue weighted by atomic mass is 10.4. The average molecular weight is 183 g/mol. The van der Waals surface area contributed by atoms with Crippen LogP contribution < -0.4 is 5.32 Å². The Bertz CT molecular complexity index is 256. The summed E-state index contributed by atoms with van der Waals surface area (Å²) in [5.41, 5.74) is 0. The molecular formula is C7H13N5O. The van der Waals surface area contributed by atoms with Crippen LogP contribution in [0.2, 0.25) is 0 Å². The van der Waals surface area contributed by atoms with Gasteiger partial charge in [-0.3, -0.25) is 5.10 Å². The third kappa shape index (κ3) is 3.10. The van der Waals surface area contributed by atoms with Crippen LogP contribution in [0.15, 0.2) is 6.33 Å². The van der Waals surface area contributed by atoms with Crippen molar-refractivity contribution in [1.82, 2.24) is 25.4 Å². The smallest absolute Gasteiger partial charge is 0.316 e. The van der Waals surface area contributed by atoms with Crippen LogP contribution >= 0.6 is 0 Å². The Morgan fingerprint density at radius 1 is 1.69 bits per heavy atom. The summed E-state index contributed by atoms with van der Waals surface area (Å²) in [6.07, 6.45) is 2.11. The van der Waals surface area contributed by atoms with Crippen LogP contribution in [0.5, 0.6) is 0 Å². The van der Waals surface area contributed by atoms with E-state index in [1.54, 1.807) is 14.1 Å². The molecule has 0 aromatic carbocycles. The Morgan fingerprint density at radius 3 is 3.00 bits per heavy atom. The van der Waals surface area contributed by atoms with Gasteiger partial charge in [0.2, 0.25) is 0 Å². The van der Waals surface area contributed by atoms with Crippen molar-refractivity contribution < 1.29 is 4.79 Å². The molecule has 2 amide bonds. The van der Waals surface area contributed by atoms with E-state index in [-0.39, 0.29) is 6.03 Å². The fourth-order valence-electron chi connectivity index (χ4n) is 0.797. The van der Waals surface area contributed by atoms with E-state index >= 15 is 0 Å². The summed E-state index contributed by atoms with van der Waals surface area (Å²) in [7, 11) is 3.40. The molecule has 0 radical (unpaired) electrons. The van der Waals surface area contributed by atoms with Crippen LogP contribution in [0.4, 0.5) is 4.79 Å². The molecule has 0 spiro atoms. The maximum Gasteiger partial charge on any atom is 0.316 e. The number of urea groups is 1. The molecule has 72 valence electrons. The molecule has 0 unspecified atom stereocenters. The van der Waals surface area contributed by atoms with Crippen molar-refractivity contribution in [2.75, 3.05) is 20.6 Å². The molecule has 0 saturated heterocycles. The molecule has 0 atom stereocenters. The molecule has 2 N–H and O–H groups in total. The number of aromatic amines is 1.